The van der Waals surface area contributed by atoms with Gasteiger partial charge < -0.3 is 4.74 Å². The van der Waals surface area contributed by atoms with Crippen molar-refractivity contribution in [3.63, 3.8) is 0 Å². The fourth-order valence-electron chi connectivity index (χ4n) is 5.23. The minimum Gasteiger partial charge on any atom is -0.391 e. The first kappa shape index (κ1) is 29.3. The molecule has 0 unspecified atom stereocenters. The number of amides is 4. The molecule has 11 heteroatoms. The first-order chi connectivity index (χ1) is 21.8. The molecular weight excluding hydrogens is 576 g/mol. The van der Waals surface area contributed by atoms with Crippen molar-refractivity contribution in [3.05, 3.63) is 143 Å². The van der Waals surface area contributed by atoms with E-state index in [1.54, 1.807) is 84.9 Å². The maximum atomic E-state index is 13.6. The largest absolute Gasteiger partial charge is 0.391 e. The molecule has 2 heterocycles. The van der Waals surface area contributed by atoms with Gasteiger partial charge in [0.25, 0.3) is 23.6 Å². The van der Waals surface area contributed by atoms with Crippen molar-refractivity contribution in [2.24, 2.45) is 0 Å². The number of ether oxygens (including phenoxy) is 1. The quantitative estimate of drug-likeness (QED) is 0.159. The van der Waals surface area contributed by atoms with Crippen molar-refractivity contribution >= 4 is 35.6 Å². The molecule has 0 radical (unpaired) electrons. The van der Waals surface area contributed by atoms with Gasteiger partial charge in [0.15, 0.2) is 0 Å². The first-order valence-corrected chi connectivity index (χ1v) is 14.1. The van der Waals surface area contributed by atoms with Gasteiger partial charge in [0.05, 0.1) is 22.3 Å². The number of fused-ring (bicyclic) bond motifs is 2. The van der Waals surface area contributed by atoms with E-state index < -0.39 is 47.7 Å². The summed E-state index contributed by atoms with van der Waals surface area (Å²) in [7, 11) is 0. The molecule has 0 aromatic heterocycles. The summed E-state index contributed by atoms with van der Waals surface area (Å²) in [6.07, 6.45) is -0.0644. The minimum atomic E-state index is -1.34. The fraction of sp³-hybridized carbons (Fsp3) is 0.118. The third kappa shape index (κ3) is 5.90. The molecule has 4 aromatic rings. The molecule has 2 atom stereocenters. The monoisotopic (exact) mass is 602 g/mol. The summed E-state index contributed by atoms with van der Waals surface area (Å²) in [5, 5.41) is 1.48. The number of esters is 2. The van der Waals surface area contributed by atoms with Gasteiger partial charge in [0.1, 0.15) is 12.1 Å². The van der Waals surface area contributed by atoms with Crippen molar-refractivity contribution in [1.82, 2.24) is 20.9 Å². The number of hydrogen-bond acceptors (Lipinski definition) is 9. The van der Waals surface area contributed by atoms with Gasteiger partial charge in [-0.3, -0.25) is 19.2 Å². The van der Waals surface area contributed by atoms with E-state index in [0.29, 0.717) is 11.1 Å². The predicted molar refractivity (Wildman–Crippen MR) is 159 cm³/mol. The van der Waals surface area contributed by atoms with Gasteiger partial charge in [-0.15, -0.1) is 0 Å². The molecular formula is C34H26N4O7. The number of imide groups is 2. The summed E-state index contributed by atoms with van der Waals surface area (Å²) in [4.78, 5) is 79.4. The molecule has 2 N–H and O–H groups in total. The van der Waals surface area contributed by atoms with Crippen molar-refractivity contribution in [3.8, 4) is 0 Å². The molecule has 2 aliphatic rings. The van der Waals surface area contributed by atoms with Crippen molar-refractivity contribution in [2.45, 2.75) is 24.9 Å². The highest BCUT2D eigenvalue weighted by Gasteiger charge is 2.41. The van der Waals surface area contributed by atoms with Gasteiger partial charge in [0.2, 0.25) is 0 Å². The van der Waals surface area contributed by atoms with Crippen LogP contribution in [0.4, 0.5) is 0 Å². The zero-order chi connectivity index (χ0) is 31.5. The number of nitrogens with one attached hydrogen (secondary N) is 2. The smallest absolute Gasteiger partial charge is 0.333 e. The lowest BCUT2D eigenvalue weighted by Gasteiger charge is -2.25. The number of carbonyl (C=O) groups is 6. The highest BCUT2D eigenvalue weighted by Crippen LogP contribution is 2.23. The Hall–Kier alpha value is -5.78. The van der Waals surface area contributed by atoms with Crippen LogP contribution < -0.4 is 10.9 Å². The Bertz CT molecular complexity index is 1620. The number of nitrogens with zero attached hydrogens (tertiary/aromatic N) is 2. The van der Waals surface area contributed by atoms with Crippen LogP contribution in [0.1, 0.15) is 52.6 Å². The van der Waals surface area contributed by atoms with E-state index >= 15 is 0 Å². The van der Waals surface area contributed by atoms with Gasteiger partial charge in [-0.1, -0.05) is 84.9 Å². The zero-order valence-electron chi connectivity index (χ0n) is 23.7. The van der Waals surface area contributed by atoms with Crippen LogP contribution in [0, 0.1) is 0 Å². The van der Waals surface area contributed by atoms with Crippen LogP contribution in [0.25, 0.3) is 0 Å². The number of rotatable bonds is 10. The van der Waals surface area contributed by atoms with Crippen LogP contribution in [0.15, 0.2) is 109 Å². The Labute approximate surface area is 257 Å². The summed E-state index contributed by atoms with van der Waals surface area (Å²) in [5.74, 6) is -4.74. The van der Waals surface area contributed by atoms with E-state index in [-0.39, 0.29) is 35.1 Å². The van der Waals surface area contributed by atoms with E-state index in [4.69, 9.17) is 4.74 Å². The van der Waals surface area contributed by atoms with E-state index in [0.717, 1.165) is 10.0 Å². The minimum absolute atomic E-state index is 0.0322. The lowest BCUT2D eigenvalue weighted by Crippen LogP contribution is -2.55. The number of hydrazine groups is 2. The molecule has 11 nitrogen and oxygen atoms in total. The lowest BCUT2D eigenvalue weighted by atomic mass is 10.1. The average Bonchev–Trinajstić information content (AvgIpc) is 3.45. The molecule has 4 aromatic carbocycles. The average molecular weight is 603 g/mol. The third-order valence-corrected chi connectivity index (χ3v) is 7.49. The summed E-state index contributed by atoms with van der Waals surface area (Å²) < 4.78 is 5.33. The lowest BCUT2D eigenvalue weighted by molar-refractivity contribution is -0.163. The number of carbonyl (C=O) groups excluding carboxylic acids is 6. The second-order valence-corrected chi connectivity index (χ2v) is 10.5. The fourth-order valence-corrected chi connectivity index (χ4v) is 5.23. The Kier molecular flexibility index (Phi) is 8.10. The molecule has 0 bridgehead atoms. The van der Waals surface area contributed by atoms with Crippen LogP contribution in [-0.4, -0.2) is 57.7 Å². The molecule has 0 saturated carbocycles. The van der Waals surface area contributed by atoms with Crippen LogP contribution in [-0.2, 0) is 27.2 Å². The summed E-state index contributed by atoms with van der Waals surface area (Å²) in [6, 6.07) is 27.4. The Morgan fingerprint density at radius 3 is 1.09 bits per heavy atom. The highest BCUT2D eigenvalue weighted by molar-refractivity contribution is 6.21. The standard InChI is InChI=1S/C34H26N4O7/c39-29-23-15-7-8-16-24(23)30(40)37(29)35-27(19-21-11-3-1-4-12-21)33(43)45-34(44)28(20-22-13-5-2-6-14-22)36-38-31(41)25-17-9-10-18-26(25)32(38)42/h1-18,27-28,35-36H,19-20H2/t27-,28-/m0/s1. The van der Waals surface area contributed by atoms with E-state index in [1.807, 2.05) is 0 Å². The molecule has 4 amide bonds. The van der Waals surface area contributed by atoms with Gasteiger partial charge in [0, 0.05) is 12.8 Å². The molecule has 2 aliphatic heterocycles. The summed E-state index contributed by atoms with van der Waals surface area (Å²) in [6.45, 7) is 0. The van der Waals surface area contributed by atoms with Crippen molar-refractivity contribution < 1.29 is 33.5 Å². The number of benzene rings is 4. The normalized spacial score (nSPS) is 15.1. The summed E-state index contributed by atoms with van der Waals surface area (Å²) in [5.41, 5.74) is 7.37. The van der Waals surface area contributed by atoms with Crippen molar-refractivity contribution in [1.29, 1.82) is 0 Å². The maximum absolute atomic E-state index is 13.6. The molecule has 0 fully saturated rings. The predicted octanol–water partition coefficient (Wildman–Crippen LogP) is 2.88. The third-order valence-electron chi connectivity index (χ3n) is 7.49. The highest BCUT2D eigenvalue weighted by atomic mass is 16.6. The van der Waals surface area contributed by atoms with Crippen LogP contribution >= 0.6 is 0 Å². The molecule has 224 valence electrons. The molecule has 6 rings (SSSR count). The molecule has 0 aliphatic carbocycles. The molecule has 0 saturated heterocycles. The Balaban J connectivity index is 1.24. The van der Waals surface area contributed by atoms with Gasteiger partial charge in [-0.05, 0) is 35.4 Å². The number of hydrogen-bond donors (Lipinski definition) is 2. The van der Waals surface area contributed by atoms with Crippen LogP contribution in [0.2, 0.25) is 0 Å². The first-order valence-electron chi connectivity index (χ1n) is 14.1. The van der Waals surface area contributed by atoms with Gasteiger partial charge >= 0.3 is 11.9 Å². The molecule has 45 heavy (non-hydrogen) atoms. The second kappa shape index (κ2) is 12.4. The van der Waals surface area contributed by atoms with E-state index in [9.17, 15) is 28.8 Å². The Morgan fingerprint density at radius 1 is 0.489 bits per heavy atom. The van der Waals surface area contributed by atoms with Crippen molar-refractivity contribution in [2.75, 3.05) is 0 Å². The zero-order valence-corrected chi connectivity index (χ0v) is 23.7. The maximum Gasteiger partial charge on any atom is 0.333 e. The summed E-state index contributed by atoms with van der Waals surface area (Å²) >= 11 is 0. The van der Waals surface area contributed by atoms with Crippen LogP contribution in [0.3, 0.4) is 0 Å². The van der Waals surface area contributed by atoms with E-state index in [1.165, 1.54) is 24.3 Å². The van der Waals surface area contributed by atoms with Crippen LogP contribution in [0.5, 0.6) is 0 Å². The SMILES string of the molecule is O=C(OC(=O)[C@H](Cc1ccccc1)NN1C(=O)c2ccccc2C1=O)[C@H](Cc1ccccc1)NN1C(=O)c2ccccc2C1=O. The second-order valence-electron chi connectivity index (χ2n) is 10.5. The van der Waals surface area contributed by atoms with Gasteiger partial charge in [-0.25, -0.2) is 30.5 Å². The molecule has 0 spiro atoms. The Morgan fingerprint density at radius 2 is 0.778 bits per heavy atom. The topological polar surface area (TPSA) is 142 Å². The van der Waals surface area contributed by atoms with E-state index in [2.05, 4.69) is 10.9 Å². The van der Waals surface area contributed by atoms with Gasteiger partial charge in [-0.2, -0.15) is 0 Å².